The molecular formula is C18H17ClO5. The second-order valence-corrected chi connectivity index (χ2v) is 5.12. The molecule has 0 bridgehead atoms. The van der Waals surface area contributed by atoms with Gasteiger partial charge >= 0.3 is 0 Å². The van der Waals surface area contributed by atoms with Crippen LogP contribution in [0, 0.1) is 0 Å². The molecule has 5 nitrogen and oxygen atoms in total. The molecule has 0 aromatic heterocycles. The first kappa shape index (κ1) is 17.7. The lowest BCUT2D eigenvalue weighted by molar-refractivity contribution is 0.104. The Balaban J connectivity index is 2.50. The molecule has 24 heavy (non-hydrogen) atoms. The molecule has 0 aliphatic rings. The number of ketones is 1. The molecule has 0 atom stereocenters. The van der Waals surface area contributed by atoms with E-state index in [1.54, 1.807) is 24.3 Å². The summed E-state index contributed by atoms with van der Waals surface area (Å²) in [6.45, 7) is 0. The predicted octanol–water partition coefficient (Wildman–Crippen LogP) is 3.97. The van der Waals surface area contributed by atoms with Gasteiger partial charge in [-0.05, 0) is 12.2 Å². The molecule has 0 aliphatic heterocycles. The summed E-state index contributed by atoms with van der Waals surface area (Å²) in [5, 5.41) is 10.5. The van der Waals surface area contributed by atoms with Crippen LogP contribution in [0.1, 0.15) is 15.9 Å². The first-order chi connectivity index (χ1) is 11.5. The molecule has 2 rings (SSSR count). The Hall–Kier alpha value is -2.66. The number of allylic oxidation sites excluding steroid dienone is 1. The number of aromatic hydroxyl groups is 1. The Bertz CT molecular complexity index is 738. The van der Waals surface area contributed by atoms with E-state index in [9.17, 15) is 9.90 Å². The normalized spacial score (nSPS) is 10.7. The van der Waals surface area contributed by atoms with E-state index >= 15 is 0 Å². The first-order valence-corrected chi connectivity index (χ1v) is 7.40. The molecule has 0 amide bonds. The lowest BCUT2D eigenvalue weighted by Gasteiger charge is -2.17. The lowest BCUT2D eigenvalue weighted by atomic mass is 10.1. The molecule has 0 radical (unpaired) electrons. The highest BCUT2D eigenvalue weighted by Gasteiger charge is 2.24. The number of methoxy groups -OCH3 is 3. The van der Waals surface area contributed by atoms with Crippen LogP contribution in [0.3, 0.4) is 0 Å². The zero-order valence-corrected chi connectivity index (χ0v) is 14.3. The number of ether oxygens (including phenoxy) is 3. The van der Waals surface area contributed by atoms with Crippen LogP contribution in [-0.4, -0.2) is 32.2 Å². The van der Waals surface area contributed by atoms with Crippen molar-refractivity contribution in [3.05, 3.63) is 52.6 Å². The number of phenolic OH excluding ortho intramolecular Hbond substituents is 1. The second-order valence-electron chi connectivity index (χ2n) is 4.74. The third kappa shape index (κ3) is 3.31. The maximum atomic E-state index is 12.2. The number of carbonyl (C=O) groups is 1. The van der Waals surface area contributed by atoms with Gasteiger partial charge in [-0.25, -0.2) is 0 Å². The van der Waals surface area contributed by atoms with Crippen LogP contribution in [0.4, 0.5) is 0 Å². The van der Waals surface area contributed by atoms with Gasteiger partial charge in [0.1, 0.15) is 0 Å². The number of hydrogen-bond donors (Lipinski definition) is 1. The van der Waals surface area contributed by atoms with Crippen molar-refractivity contribution in [3.63, 3.8) is 0 Å². The van der Waals surface area contributed by atoms with Gasteiger partial charge in [0.15, 0.2) is 17.3 Å². The number of benzene rings is 2. The SMILES string of the molecule is COc1c(O)c(C=CC(=O)c2ccccc2)c(Cl)c(OC)c1OC. The molecule has 2 aromatic carbocycles. The van der Waals surface area contributed by atoms with Gasteiger partial charge in [-0.15, -0.1) is 0 Å². The number of rotatable bonds is 6. The smallest absolute Gasteiger partial charge is 0.208 e. The van der Waals surface area contributed by atoms with Gasteiger partial charge < -0.3 is 19.3 Å². The van der Waals surface area contributed by atoms with Crippen molar-refractivity contribution in [1.82, 2.24) is 0 Å². The van der Waals surface area contributed by atoms with Crippen LogP contribution in [0.2, 0.25) is 5.02 Å². The van der Waals surface area contributed by atoms with Gasteiger partial charge in [-0.3, -0.25) is 4.79 Å². The topological polar surface area (TPSA) is 65.0 Å². The lowest BCUT2D eigenvalue weighted by Crippen LogP contribution is -1.98. The van der Waals surface area contributed by atoms with Gasteiger partial charge in [0.25, 0.3) is 0 Å². The van der Waals surface area contributed by atoms with Crippen LogP contribution in [0.25, 0.3) is 6.08 Å². The van der Waals surface area contributed by atoms with Crippen molar-refractivity contribution in [1.29, 1.82) is 0 Å². The molecule has 6 heteroatoms. The largest absolute Gasteiger partial charge is 0.504 e. The van der Waals surface area contributed by atoms with Crippen molar-refractivity contribution in [2.75, 3.05) is 21.3 Å². The summed E-state index contributed by atoms with van der Waals surface area (Å²) in [6, 6.07) is 8.75. The van der Waals surface area contributed by atoms with Gasteiger partial charge in [0.2, 0.25) is 11.5 Å². The molecule has 1 N–H and O–H groups in total. The third-order valence-electron chi connectivity index (χ3n) is 3.39. The number of halogens is 1. The summed E-state index contributed by atoms with van der Waals surface area (Å²) in [4.78, 5) is 12.2. The Kier molecular flexibility index (Phi) is 5.71. The van der Waals surface area contributed by atoms with E-state index in [0.29, 0.717) is 5.56 Å². The second kappa shape index (κ2) is 7.75. The van der Waals surface area contributed by atoms with E-state index in [1.807, 2.05) is 6.07 Å². The Morgan fingerprint density at radius 1 is 1.00 bits per heavy atom. The molecule has 0 heterocycles. The molecule has 2 aromatic rings. The first-order valence-electron chi connectivity index (χ1n) is 7.03. The van der Waals surface area contributed by atoms with Crippen LogP contribution in [-0.2, 0) is 0 Å². The van der Waals surface area contributed by atoms with E-state index < -0.39 is 0 Å². The summed E-state index contributed by atoms with van der Waals surface area (Å²) in [7, 11) is 4.21. The summed E-state index contributed by atoms with van der Waals surface area (Å²) < 4.78 is 15.6. The summed E-state index contributed by atoms with van der Waals surface area (Å²) >= 11 is 6.27. The molecule has 0 saturated heterocycles. The fourth-order valence-corrected chi connectivity index (χ4v) is 2.54. The van der Waals surface area contributed by atoms with Gasteiger partial charge in [0, 0.05) is 11.1 Å². The summed E-state index contributed by atoms with van der Waals surface area (Å²) in [5.41, 5.74) is 0.729. The zero-order chi connectivity index (χ0) is 17.7. The van der Waals surface area contributed by atoms with Gasteiger partial charge in [-0.1, -0.05) is 41.9 Å². The van der Waals surface area contributed by atoms with Crippen molar-refractivity contribution < 1.29 is 24.1 Å². The number of phenols is 1. The quantitative estimate of drug-likeness (QED) is 0.632. The third-order valence-corrected chi connectivity index (χ3v) is 3.77. The minimum Gasteiger partial charge on any atom is -0.504 e. The maximum absolute atomic E-state index is 12.2. The minimum absolute atomic E-state index is 0.0746. The Labute approximate surface area is 145 Å². The summed E-state index contributed by atoms with van der Waals surface area (Å²) in [5.74, 6) is -0.00250. The van der Waals surface area contributed by atoms with E-state index in [4.69, 9.17) is 25.8 Å². The highest BCUT2D eigenvalue weighted by molar-refractivity contribution is 6.34. The average Bonchev–Trinajstić information content (AvgIpc) is 2.61. The van der Waals surface area contributed by atoms with Crippen molar-refractivity contribution in [2.24, 2.45) is 0 Å². The summed E-state index contributed by atoms with van der Waals surface area (Å²) in [6.07, 6.45) is 2.74. The van der Waals surface area contributed by atoms with Crippen molar-refractivity contribution in [3.8, 4) is 23.0 Å². The van der Waals surface area contributed by atoms with E-state index in [0.717, 1.165) is 0 Å². The highest BCUT2D eigenvalue weighted by Crippen LogP contribution is 2.51. The molecule has 0 spiro atoms. The maximum Gasteiger partial charge on any atom is 0.208 e. The fraction of sp³-hybridized carbons (Fsp3) is 0.167. The monoisotopic (exact) mass is 348 g/mol. The average molecular weight is 349 g/mol. The Morgan fingerprint density at radius 3 is 2.12 bits per heavy atom. The van der Waals surface area contributed by atoms with Gasteiger partial charge in [-0.2, -0.15) is 0 Å². The van der Waals surface area contributed by atoms with E-state index in [1.165, 1.54) is 33.5 Å². The zero-order valence-electron chi connectivity index (χ0n) is 13.5. The van der Waals surface area contributed by atoms with Crippen LogP contribution in [0.15, 0.2) is 36.4 Å². The molecular weight excluding hydrogens is 332 g/mol. The standard InChI is InChI=1S/C18H17ClO5/c1-22-16-14(19)12(15(21)17(23-2)18(16)24-3)9-10-13(20)11-7-5-4-6-8-11/h4-10,21H,1-3H3. The molecule has 0 aliphatic carbocycles. The molecule has 126 valence electrons. The number of hydrogen-bond acceptors (Lipinski definition) is 5. The molecule has 0 fully saturated rings. The number of carbonyl (C=O) groups excluding carboxylic acids is 1. The minimum atomic E-state index is -0.239. The molecule has 0 saturated carbocycles. The van der Waals surface area contributed by atoms with Gasteiger partial charge in [0.05, 0.1) is 26.4 Å². The fourth-order valence-electron chi connectivity index (χ4n) is 2.23. The van der Waals surface area contributed by atoms with E-state index in [-0.39, 0.29) is 39.4 Å². The predicted molar refractivity (Wildman–Crippen MR) is 92.6 cm³/mol. The highest BCUT2D eigenvalue weighted by atomic mass is 35.5. The van der Waals surface area contributed by atoms with Crippen LogP contribution in [0.5, 0.6) is 23.0 Å². The van der Waals surface area contributed by atoms with Crippen molar-refractivity contribution >= 4 is 23.5 Å². The molecule has 0 unspecified atom stereocenters. The van der Waals surface area contributed by atoms with Crippen molar-refractivity contribution in [2.45, 2.75) is 0 Å². The van der Waals surface area contributed by atoms with E-state index in [2.05, 4.69) is 0 Å². The van der Waals surface area contributed by atoms with Crippen LogP contribution < -0.4 is 14.2 Å². The van der Waals surface area contributed by atoms with Crippen LogP contribution >= 0.6 is 11.6 Å². The Morgan fingerprint density at radius 2 is 1.58 bits per heavy atom.